The van der Waals surface area contributed by atoms with Crippen LogP contribution in [-0.4, -0.2) is 27.1 Å². The second kappa shape index (κ2) is 6.64. The molecule has 9 heteroatoms. The molecule has 1 aromatic rings. The first-order valence-corrected chi connectivity index (χ1v) is 7.22. The van der Waals surface area contributed by atoms with Gasteiger partial charge in [0.2, 0.25) is 0 Å². The molecular formula is C11H16N2O6S. The number of hydrogen-bond donors (Lipinski definition) is 1. The van der Waals surface area contributed by atoms with Crippen molar-refractivity contribution < 1.29 is 22.9 Å². The Bertz CT molecular complexity index is 585. The molecule has 0 aliphatic carbocycles. The molecule has 1 N–H and O–H groups in total. The van der Waals surface area contributed by atoms with E-state index in [-0.39, 0.29) is 18.3 Å². The van der Waals surface area contributed by atoms with Gasteiger partial charge >= 0.3 is 0 Å². The molecule has 1 rings (SSSR count). The van der Waals surface area contributed by atoms with Crippen LogP contribution in [0, 0.1) is 16.0 Å². The highest BCUT2D eigenvalue weighted by molar-refractivity contribution is 7.89. The Balaban J connectivity index is 3.08. The summed E-state index contributed by atoms with van der Waals surface area (Å²) in [4.78, 5) is 16.3. The standard InChI is InChI=1S/C11H16N2O6S/c1-8(2)7-19-12-20(16,17)11-5-4-9(18-3)6-10(11)13(14)15/h4-6,8,12H,7H2,1-3H3. The van der Waals surface area contributed by atoms with Gasteiger partial charge in [-0.1, -0.05) is 18.7 Å². The van der Waals surface area contributed by atoms with E-state index in [1.165, 1.54) is 13.2 Å². The van der Waals surface area contributed by atoms with E-state index in [0.717, 1.165) is 12.1 Å². The molecule has 20 heavy (non-hydrogen) atoms. The van der Waals surface area contributed by atoms with Gasteiger partial charge in [0.15, 0.2) is 4.90 Å². The van der Waals surface area contributed by atoms with E-state index in [2.05, 4.69) is 0 Å². The minimum atomic E-state index is -4.13. The third-order valence-electron chi connectivity index (χ3n) is 2.24. The van der Waals surface area contributed by atoms with Crippen LogP contribution in [0.25, 0.3) is 0 Å². The van der Waals surface area contributed by atoms with E-state index >= 15 is 0 Å². The number of nitrogens with one attached hydrogen (secondary N) is 1. The predicted octanol–water partition coefficient (Wildman–Crippen LogP) is 1.47. The molecule has 8 nitrogen and oxygen atoms in total. The lowest BCUT2D eigenvalue weighted by Crippen LogP contribution is -2.26. The van der Waals surface area contributed by atoms with E-state index in [0.29, 0.717) is 0 Å². The number of rotatable bonds is 7. The fourth-order valence-electron chi connectivity index (χ4n) is 1.32. The molecule has 0 aromatic heterocycles. The topological polar surface area (TPSA) is 108 Å². The molecule has 0 spiro atoms. The molecule has 0 saturated carbocycles. The summed E-state index contributed by atoms with van der Waals surface area (Å²) in [5, 5.41) is 10.9. The molecule has 0 aliphatic rings. The Morgan fingerprint density at radius 3 is 2.55 bits per heavy atom. The smallest absolute Gasteiger partial charge is 0.293 e. The van der Waals surface area contributed by atoms with Gasteiger partial charge in [0.1, 0.15) is 5.75 Å². The van der Waals surface area contributed by atoms with Crippen LogP contribution in [0.5, 0.6) is 5.75 Å². The number of nitrogens with zero attached hydrogens (tertiary/aromatic N) is 1. The Hall–Kier alpha value is -1.71. The van der Waals surface area contributed by atoms with Crippen LogP contribution >= 0.6 is 0 Å². The number of sulfonamides is 1. The number of benzene rings is 1. The molecule has 0 amide bonds. The number of nitro groups is 1. The predicted molar refractivity (Wildman–Crippen MR) is 70.8 cm³/mol. The number of ether oxygens (including phenoxy) is 1. The van der Waals surface area contributed by atoms with Gasteiger partial charge in [0.05, 0.1) is 24.7 Å². The summed E-state index contributed by atoms with van der Waals surface area (Å²) in [6, 6.07) is 3.46. The van der Waals surface area contributed by atoms with Gasteiger partial charge < -0.3 is 4.74 Å². The van der Waals surface area contributed by atoms with Crippen molar-refractivity contribution in [1.29, 1.82) is 0 Å². The molecule has 0 aliphatic heterocycles. The van der Waals surface area contributed by atoms with E-state index in [1.807, 2.05) is 18.7 Å². The molecule has 0 fully saturated rings. The highest BCUT2D eigenvalue weighted by atomic mass is 32.2. The van der Waals surface area contributed by atoms with Gasteiger partial charge in [0, 0.05) is 0 Å². The van der Waals surface area contributed by atoms with Crippen LogP contribution in [0.1, 0.15) is 13.8 Å². The summed E-state index contributed by atoms with van der Waals surface area (Å²) >= 11 is 0. The number of hydrogen-bond acceptors (Lipinski definition) is 6. The number of methoxy groups -OCH3 is 1. The summed E-state index contributed by atoms with van der Waals surface area (Å²) < 4.78 is 28.7. The van der Waals surface area contributed by atoms with Crippen molar-refractivity contribution in [3.63, 3.8) is 0 Å². The third kappa shape index (κ3) is 4.15. The summed E-state index contributed by atoms with van der Waals surface area (Å²) in [5.41, 5.74) is -0.579. The SMILES string of the molecule is COc1ccc(S(=O)(=O)NOCC(C)C)c([N+](=O)[O-])c1. The van der Waals surface area contributed by atoms with E-state index < -0.39 is 25.5 Å². The van der Waals surface area contributed by atoms with Crippen molar-refractivity contribution >= 4 is 15.7 Å². The van der Waals surface area contributed by atoms with Crippen molar-refractivity contribution in [2.75, 3.05) is 13.7 Å². The summed E-state index contributed by atoms with van der Waals surface area (Å²) in [6.07, 6.45) is 0. The molecule has 0 heterocycles. The van der Waals surface area contributed by atoms with Gasteiger partial charge in [-0.15, -0.1) is 0 Å². The molecule has 112 valence electrons. The van der Waals surface area contributed by atoms with Crippen molar-refractivity contribution in [2.45, 2.75) is 18.7 Å². The van der Waals surface area contributed by atoms with Crippen LogP contribution in [0.15, 0.2) is 23.1 Å². The van der Waals surface area contributed by atoms with Gasteiger partial charge in [-0.2, -0.15) is 0 Å². The largest absolute Gasteiger partial charge is 0.497 e. The minimum absolute atomic E-state index is 0.114. The van der Waals surface area contributed by atoms with E-state index in [9.17, 15) is 18.5 Å². The fraction of sp³-hybridized carbons (Fsp3) is 0.455. The lowest BCUT2D eigenvalue weighted by molar-refractivity contribution is -0.387. The zero-order valence-electron chi connectivity index (χ0n) is 11.3. The maximum absolute atomic E-state index is 12.0. The second-order valence-electron chi connectivity index (χ2n) is 4.38. The summed E-state index contributed by atoms with van der Waals surface area (Å²) in [7, 11) is -2.80. The second-order valence-corrected chi connectivity index (χ2v) is 6.00. The quantitative estimate of drug-likeness (QED) is 0.603. The Morgan fingerprint density at radius 1 is 1.40 bits per heavy atom. The monoisotopic (exact) mass is 304 g/mol. The van der Waals surface area contributed by atoms with Gasteiger partial charge in [-0.3, -0.25) is 15.0 Å². The van der Waals surface area contributed by atoms with Gasteiger partial charge in [-0.05, 0) is 18.1 Å². The van der Waals surface area contributed by atoms with E-state index in [4.69, 9.17) is 9.57 Å². The molecular weight excluding hydrogens is 288 g/mol. The first-order chi connectivity index (χ1) is 9.27. The average Bonchev–Trinajstić information content (AvgIpc) is 2.37. The van der Waals surface area contributed by atoms with Crippen molar-refractivity contribution in [2.24, 2.45) is 5.92 Å². The zero-order valence-corrected chi connectivity index (χ0v) is 12.1. The van der Waals surface area contributed by atoms with Crippen LogP contribution in [0.3, 0.4) is 0 Å². The minimum Gasteiger partial charge on any atom is -0.497 e. The maximum atomic E-state index is 12.0. The molecule has 1 aromatic carbocycles. The lowest BCUT2D eigenvalue weighted by atomic mass is 10.2. The molecule has 0 unspecified atom stereocenters. The van der Waals surface area contributed by atoms with Crippen molar-refractivity contribution in [1.82, 2.24) is 4.89 Å². The Morgan fingerprint density at radius 2 is 2.05 bits per heavy atom. The van der Waals surface area contributed by atoms with Gasteiger partial charge in [-0.25, -0.2) is 8.42 Å². The Kier molecular flexibility index (Phi) is 5.43. The van der Waals surface area contributed by atoms with Crippen molar-refractivity contribution in [3.8, 4) is 5.75 Å². The average molecular weight is 304 g/mol. The van der Waals surface area contributed by atoms with Crippen LogP contribution in [0.4, 0.5) is 5.69 Å². The van der Waals surface area contributed by atoms with Crippen molar-refractivity contribution in [3.05, 3.63) is 28.3 Å². The maximum Gasteiger partial charge on any atom is 0.293 e. The lowest BCUT2D eigenvalue weighted by Gasteiger charge is -2.09. The third-order valence-corrected chi connectivity index (χ3v) is 3.50. The summed E-state index contributed by atoms with van der Waals surface area (Å²) in [6.45, 7) is 3.83. The van der Waals surface area contributed by atoms with E-state index in [1.54, 1.807) is 0 Å². The highest BCUT2D eigenvalue weighted by Crippen LogP contribution is 2.28. The molecule has 0 atom stereocenters. The highest BCUT2D eigenvalue weighted by Gasteiger charge is 2.26. The first-order valence-electron chi connectivity index (χ1n) is 5.74. The molecule has 0 saturated heterocycles. The number of nitro benzene ring substituents is 1. The van der Waals surface area contributed by atoms with Gasteiger partial charge in [0.25, 0.3) is 15.7 Å². The molecule has 0 radical (unpaired) electrons. The first kappa shape index (κ1) is 16.3. The normalized spacial score (nSPS) is 11.6. The Labute approximate surface area is 116 Å². The van der Waals surface area contributed by atoms with Crippen LogP contribution in [0.2, 0.25) is 0 Å². The zero-order chi connectivity index (χ0) is 15.3. The molecule has 0 bridgehead atoms. The fourth-order valence-corrected chi connectivity index (χ4v) is 2.29. The van der Waals surface area contributed by atoms with Crippen LogP contribution < -0.4 is 9.62 Å². The summed E-state index contributed by atoms with van der Waals surface area (Å²) in [5.74, 6) is 0.308. The van der Waals surface area contributed by atoms with Crippen LogP contribution in [-0.2, 0) is 14.9 Å².